The Morgan fingerprint density at radius 3 is 2.54 bits per heavy atom. The summed E-state index contributed by atoms with van der Waals surface area (Å²) in [4.78, 5) is 26.1. The van der Waals surface area contributed by atoms with Gasteiger partial charge in [0.05, 0.1) is 16.4 Å². The smallest absolute Gasteiger partial charge is 0.286 e. The Morgan fingerprint density at radius 1 is 1.18 bits per heavy atom. The number of thioether (sulfide) groups is 1. The number of non-ortho nitro benzene ring substituents is 1. The van der Waals surface area contributed by atoms with Crippen molar-refractivity contribution in [3.63, 3.8) is 0 Å². The second kappa shape index (κ2) is 8.57. The third kappa shape index (κ3) is 4.68. The molecular weight excluding hydrogens is 382 g/mol. The number of nitrogens with two attached hydrogens (primary N) is 1. The molecule has 0 radical (unpaired) electrons. The molecule has 0 fully saturated rings. The van der Waals surface area contributed by atoms with Gasteiger partial charge in [-0.2, -0.15) is 4.99 Å². The van der Waals surface area contributed by atoms with Gasteiger partial charge in [-0.3, -0.25) is 14.9 Å². The number of nitro groups is 1. The molecule has 1 amide bonds. The van der Waals surface area contributed by atoms with Crippen molar-refractivity contribution in [3.05, 3.63) is 68.6 Å². The number of aliphatic imine (C=N–C) groups is 1. The summed E-state index contributed by atoms with van der Waals surface area (Å²) in [5.41, 5.74) is 7.14. The Balaban J connectivity index is 1.75. The fraction of sp³-hybridized carbons (Fsp3) is 0.158. The van der Waals surface area contributed by atoms with Crippen LogP contribution in [0.4, 0.5) is 5.69 Å². The monoisotopic (exact) mass is 399 g/mol. The molecule has 0 saturated heterocycles. The Bertz CT molecular complexity index is 970. The molecule has 3 rings (SSSR count). The van der Waals surface area contributed by atoms with Crippen LogP contribution in [0, 0.1) is 10.1 Å². The van der Waals surface area contributed by atoms with Crippen LogP contribution in [0.2, 0.25) is 0 Å². The van der Waals surface area contributed by atoms with E-state index in [-0.39, 0.29) is 23.4 Å². The fourth-order valence-corrected chi connectivity index (χ4v) is 3.14. The molecule has 0 aliphatic carbocycles. The first kappa shape index (κ1) is 19.4. The van der Waals surface area contributed by atoms with Crippen molar-refractivity contribution in [2.75, 3.05) is 6.61 Å². The number of benzene rings is 2. The van der Waals surface area contributed by atoms with Crippen LogP contribution in [0.5, 0.6) is 11.5 Å². The zero-order chi connectivity index (χ0) is 20.1. The summed E-state index contributed by atoms with van der Waals surface area (Å²) in [6.07, 6.45) is 1.69. The standard InChI is InChI=1S/C19H17N3O5S/c1-2-26-16-9-13(10-17-18(23)21-19(20)28-17)5-8-15(16)27-11-12-3-6-14(7-4-12)22(24)25/h3-10H,2,11H2,1H3,(H2,20,21,23). The zero-order valence-electron chi connectivity index (χ0n) is 15.0. The molecule has 1 aliphatic heterocycles. The van der Waals surface area contributed by atoms with E-state index in [1.165, 1.54) is 12.1 Å². The van der Waals surface area contributed by atoms with Gasteiger partial charge >= 0.3 is 0 Å². The number of nitro benzene ring substituents is 1. The molecule has 0 atom stereocenters. The summed E-state index contributed by atoms with van der Waals surface area (Å²) in [7, 11) is 0. The number of carbonyl (C=O) groups is 1. The summed E-state index contributed by atoms with van der Waals surface area (Å²) >= 11 is 1.12. The topological polar surface area (TPSA) is 117 Å². The van der Waals surface area contributed by atoms with Crippen LogP contribution in [0.1, 0.15) is 18.1 Å². The lowest BCUT2D eigenvalue weighted by Crippen LogP contribution is -2.01. The normalized spacial score (nSPS) is 14.8. The van der Waals surface area contributed by atoms with E-state index in [4.69, 9.17) is 15.2 Å². The van der Waals surface area contributed by atoms with Crippen molar-refractivity contribution >= 4 is 34.6 Å². The highest BCUT2D eigenvalue weighted by molar-refractivity contribution is 8.18. The van der Waals surface area contributed by atoms with Crippen LogP contribution in [0.15, 0.2) is 52.4 Å². The quantitative estimate of drug-likeness (QED) is 0.430. The largest absolute Gasteiger partial charge is 0.490 e. The van der Waals surface area contributed by atoms with E-state index in [0.717, 1.165) is 22.9 Å². The van der Waals surface area contributed by atoms with Crippen LogP contribution in [0.25, 0.3) is 6.08 Å². The van der Waals surface area contributed by atoms with E-state index in [0.29, 0.717) is 23.0 Å². The van der Waals surface area contributed by atoms with Crippen molar-refractivity contribution in [2.24, 2.45) is 10.7 Å². The Kier molecular flexibility index (Phi) is 5.95. The maximum atomic E-state index is 11.7. The molecule has 0 unspecified atom stereocenters. The molecule has 144 valence electrons. The number of carbonyl (C=O) groups excluding carboxylic acids is 1. The minimum Gasteiger partial charge on any atom is -0.490 e. The van der Waals surface area contributed by atoms with E-state index in [9.17, 15) is 14.9 Å². The number of ether oxygens (including phenoxy) is 2. The van der Waals surface area contributed by atoms with E-state index in [1.54, 1.807) is 36.4 Å². The van der Waals surface area contributed by atoms with Crippen LogP contribution >= 0.6 is 11.8 Å². The molecule has 0 saturated carbocycles. The molecular formula is C19H17N3O5S. The van der Waals surface area contributed by atoms with Gasteiger partial charge in [0, 0.05) is 12.1 Å². The predicted octanol–water partition coefficient (Wildman–Crippen LogP) is 3.50. The third-order valence-electron chi connectivity index (χ3n) is 3.74. The molecule has 0 bridgehead atoms. The second-order valence-corrected chi connectivity index (χ2v) is 6.78. The minimum absolute atomic E-state index is 0.0279. The van der Waals surface area contributed by atoms with Crippen LogP contribution in [0.3, 0.4) is 0 Å². The highest BCUT2D eigenvalue weighted by Gasteiger charge is 2.19. The Hall–Kier alpha value is -3.33. The lowest BCUT2D eigenvalue weighted by Gasteiger charge is -2.13. The maximum absolute atomic E-state index is 11.7. The van der Waals surface area contributed by atoms with E-state index >= 15 is 0 Å². The van der Waals surface area contributed by atoms with Crippen LogP contribution in [-0.2, 0) is 11.4 Å². The summed E-state index contributed by atoms with van der Waals surface area (Å²) in [5.74, 6) is 0.700. The number of hydrogen-bond acceptors (Lipinski definition) is 7. The van der Waals surface area contributed by atoms with Crippen molar-refractivity contribution in [3.8, 4) is 11.5 Å². The molecule has 0 aromatic heterocycles. The van der Waals surface area contributed by atoms with Crippen molar-refractivity contribution in [1.29, 1.82) is 0 Å². The SMILES string of the molecule is CCOc1cc(C=C2SC(N)=NC2=O)ccc1OCc1ccc([N+](=O)[O-])cc1. The second-order valence-electron chi connectivity index (χ2n) is 5.72. The summed E-state index contributed by atoms with van der Waals surface area (Å²) in [6.45, 7) is 2.53. The lowest BCUT2D eigenvalue weighted by molar-refractivity contribution is -0.384. The number of rotatable bonds is 7. The first-order valence-corrected chi connectivity index (χ1v) is 9.19. The van der Waals surface area contributed by atoms with Gasteiger partial charge in [0.25, 0.3) is 11.6 Å². The average Bonchev–Trinajstić information content (AvgIpc) is 2.98. The molecule has 1 heterocycles. The first-order valence-electron chi connectivity index (χ1n) is 8.37. The summed E-state index contributed by atoms with van der Waals surface area (Å²) in [5, 5.41) is 10.9. The molecule has 2 N–H and O–H groups in total. The average molecular weight is 399 g/mol. The summed E-state index contributed by atoms with van der Waals surface area (Å²) in [6, 6.07) is 11.5. The predicted molar refractivity (Wildman–Crippen MR) is 107 cm³/mol. The molecule has 28 heavy (non-hydrogen) atoms. The molecule has 1 aliphatic rings. The summed E-state index contributed by atoms with van der Waals surface area (Å²) < 4.78 is 11.4. The lowest BCUT2D eigenvalue weighted by atomic mass is 10.1. The number of amidine groups is 1. The van der Waals surface area contributed by atoms with Gasteiger partial charge in [0.1, 0.15) is 6.61 Å². The number of amides is 1. The van der Waals surface area contributed by atoms with Crippen LogP contribution in [-0.4, -0.2) is 22.6 Å². The molecule has 2 aromatic rings. The molecule has 9 heteroatoms. The maximum Gasteiger partial charge on any atom is 0.286 e. The minimum atomic E-state index is -0.447. The van der Waals surface area contributed by atoms with Crippen molar-refractivity contribution < 1.29 is 19.2 Å². The molecule has 2 aromatic carbocycles. The van der Waals surface area contributed by atoms with Gasteiger partial charge in [-0.1, -0.05) is 6.07 Å². The van der Waals surface area contributed by atoms with E-state index in [2.05, 4.69) is 4.99 Å². The van der Waals surface area contributed by atoms with Gasteiger partial charge in [0.2, 0.25) is 0 Å². The highest BCUT2D eigenvalue weighted by Crippen LogP contribution is 2.32. The Labute approximate surface area is 165 Å². The number of nitrogens with zero attached hydrogens (tertiary/aromatic N) is 2. The van der Waals surface area contributed by atoms with Crippen molar-refractivity contribution in [1.82, 2.24) is 0 Å². The van der Waals surface area contributed by atoms with Gasteiger partial charge in [-0.15, -0.1) is 0 Å². The van der Waals surface area contributed by atoms with E-state index in [1.807, 2.05) is 6.92 Å². The van der Waals surface area contributed by atoms with Crippen LogP contribution < -0.4 is 15.2 Å². The first-order chi connectivity index (χ1) is 13.5. The van der Waals surface area contributed by atoms with E-state index < -0.39 is 4.92 Å². The number of hydrogen-bond donors (Lipinski definition) is 1. The fourth-order valence-electron chi connectivity index (χ4n) is 2.45. The molecule has 8 nitrogen and oxygen atoms in total. The highest BCUT2D eigenvalue weighted by atomic mass is 32.2. The third-order valence-corrected chi connectivity index (χ3v) is 4.56. The Morgan fingerprint density at radius 2 is 1.93 bits per heavy atom. The molecule has 0 spiro atoms. The van der Waals surface area contributed by atoms with Gasteiger partial charge in [-0.25, -0.2) is 0 Å². The zero-order valence-corrected chi connectivity index (χ0v) is 15.8. The van der Waals surface area contributed by atoms with Crippen molar-refractivity contribution in [2.45, 2.75) is 13.5 Å². The van der Waals surface area contributed by atoms with Gasteiger partial charge in [0.15, 0.2) is 16.7 Å². The van der Waals surface area contributed by atoms with Gasteiger partial charge < -0.3 is 15.2 Å². The van der Waals surface area contributed by atoms with Gasteiger partial charge in [-0.05, 0) is 60.2 Å².